The summed E-state index contributed by atoms with van der Waals surface area (Å²) in [5, 5.41) is 7.67. The molecule has 1 heterocycles. The zero-order valence-electron chi connectivity index (χ0n) is 5.55. The lowest BCUT2D eigenvalue weighted by Crippen LogP contribution is -2.20. The minimum Gasteiger partial charge on any atom is -0.307 e. The van der Waals surface area contributed by atoms with Gasteiger partial charge < -0.3 is 5.43 Å². The van der Waals surface area contributed by atoms with E-state index in [1.807, 2.05) is 19.9 Å². The van der Waals surface area contributed by atoms with E-state index >= 15 is 0 Å². The number of azo groups is 1. The lowest BCUT2D eigenvalue weighted by Gasteiger charge is -2.04. The normalized spacial score (nSPS) is 21.9. The highest BCUT2D eigenvalue weighted by Crippen LogP contribution is 2.20. The van der Waals surface area contributed by atoms with E-state index in [0.29, 0.717) is 5.82 Å². The summed E-state index contributed by atoms with van der Waals surface area (Å²) >= 11 is 0. The molecule has 0 bridgehead atoms. The smallest absolute Gasteiger partial charge is 0.160 e. The van der Waals surface area contributed by atoms with Gasteiger partial charge in [0.25, 0.3) is 0 Å². The molecule has 1 rings (SSSR count). The predicted molar refractivity (Wildman–Crippen MR) is 34.3 cm³/mol. The summed E-state index contributed by atoms with van der Waals surface area (Å²) < 4.78 is 0. The Bertz CT molecular complexity index is 168. The van der Waals surface area contributed by atoms with Gasteiger partial charge in [-0.05, 0) is 19.9 Å². The van der Waals surface area contributed by atoms with E-state index < -0.39 is 0 Å². The molecular weight excluding hydrogens is 116 g/mol. The third-order valence-electron chi connectivity index (χ3n) is 1.05. The second kappa shape index (κ2) is 1.80. The van der Waals surface area contributed by atoms with Crippen molar-refractivity contribution < 1.29 is 0 Å². The molecule has 9 heavy (non-hydrogen) atoms. The van der Waals surface area contributed by atoms with E-state index in [0.717, 1.165) is 0 Å². The average molecular weight is 126 g/mol. The Labute approximate surface area is 53.8 Å². The van der Waals surface area contributed by atoms with E-state index in [1.165, 1.54) is 0 Å². The largest absolute Gasteiger partial charge is 0.307 e. The first kappa shape index (κ1) is 6.22. The van der Waals surface area contributed by atoms with Gasteiger partial charge in [0.05, 0.1) is 5.54 Å². The Morgan fingerprint density at radius 2 is 2.33 bits per heavy atom. The number of hydrogen-bond acceptors (Lipinski definition) is 4. The number of hydrogen-bond donors (Lipinski definition) is 2. The highest BCUT2D eigenvalue weighted by atomic mass is 15.3. The molecule has 0 aromatic heterocycles. The third kappa shape index (κ3) is 1.26. The summed E-state index contributed by atoms with van der Waals surface area (Å²) in [4.78, 5) is 0. The second-order valence-electron chi connectivity index (χ2n) is 2.53. The maximum Gasteiger partial charge on any atom is 0.160 e. The topological polar surface area (TPSA) is 62.8 Å². The second-order valence-corrected chi connectivity index (χ2v) is 2.53. The fourth-order valence-corrected chi connectivity index (χ4v) is 0.646. The predicted octanol–water partition coefficient (Wildman–Crippen LogP) is 0.536. The van der Waals surface area contributed by atoms with Crippen LogP contribution in [0.25, 0.3) is 0 Å². The minimum atomic E-state index is -0.179. The summed E-state index contributed by atoms with van der Waals surface area (Å²) in [6.45, 7) is 3.92. The van der Waals surface area contributed by atoms with E-state index in [9.17, 15) is 0 Å². The molecule has 0 atom stereocenters. The quantitative estimate of drug-likeness (QED) is 0.397. The molecule has 0 fully saturated rings. The molecule has 3 N–H and O–H groups in total. The van der Waals surface area contributed by atoms with Crippen LogP contribution in [0, 0.1) is 0 Å². The molecule has 0 aromatic rings. The molecule has 50 valence electrons. The fourth-order valence-electron chi connectivity index (χ4n) is 0.646. The molecule has 0 aliphatic carbocycles. The van der Waals surface area contributed by atoms with Gasteiger partial charge in [-0.3, -0.25) is 0 Å². The van der Waals surface area contributed by atoms with Gasteiger partial charge >= 0.3 is 0 Å². The standard InChI is InChI=1S/C5H10N4/c1-5(2)3-4(7-6)8-9-5/h3,7H,6H2,1-2H3. The first-order valence-electron chi connectivity index (χ1n) is 2.76. The van der Waals surface area contributed by atoms with Gasteiger partial charge in [-0.2, -0.15) is 5.11 Å². The fraction of sp³-hybridized carbons (Fsp3) is 0.600. The number of nitrogens with two attached hydrogens (primary N) is 1. The van der Waals surface area contributed by atoms with Crippen molar-refractivity contribution >= 4 is 0 Å². The molecule has 0 spiro atoms. The lowest BCUT2D eigenvalue weighted by atomic mass is 10.1. The lowest BCUT2D eigenvalue weighted by molar-refractivity contribution is 0.644. The van der Waals surface area contributed by atoms with Crippen LogP contribution in [0.3, 0.4) is 0 Å². The zero-order chi connectivity index (χ0) is 6.91. The molecule has 0 aromatic carbocycles. The van der Waals surface area contributed by atoms with E-state index in [1.54, 1.807) is 0 Å². The Morgan fingerprint density at radius 1 is 1.67 bits per heavy atom. The van der Waals surface area contributed by atoms with Crippen molar-refractivity contribution in [2.24, 2.45) is 16.1 Å². The van der Waals surface area contributed by atoms with Crippen LogP contribution < -0.4 is 11.3 Å². The Balaban J connectivity index is 2.74. The van der Waals surface area contributed by atoms with Gasteiger partial charge in [0.1, 0.15) is 0 Å². The van der Waals surface area contributed by atoms with Crippen LogP contribution in [-0.2, 0) is 0 Å². The summed E-state index contributed by atoms with van der Waals surface area (Å²) in [7, 11) is 0. The average Bonchev–Trinajstić information content (AvgIpc) is 2.10. The van der Waals surface area contributed by atoms with Crippen molar-refractivity contribution in [3.05, 3.63) is 11.9 Å². The monoisotopic (exact) mass is 126 g/mol. The summed E-state index contributed by atoms with van der Waals surface area (Å²) in [6, 6.07) is 0. The van der Waals surface area contributed by atoms with E-state index in [-0.39, 0.29) is 5.54 Å². The van der Waals surface area contributed by atoms with Crippen molar-refractivity contribution in [1.82, 2.24) is 5.43 Å². The molecule has 1 aliphatic rings. The Morgan fingerprint density at radius 3 is 2.56 bits per heavy atom. The van der Waals surface area contributed by atoms with Gasteiger partial charge in [0.15, 0.2) is 5.82 Å². The molecule has 0 radical (unpaired) electrons. The molecule has 0 saturated carbocycles. The number of nitrogens with one attached hydrogen (secondary N) is 1. The van der Waals surface area contributed by atoms with E-state index in [4.69, 9.17) is 5.84 Å². The van der Waals surface area contributed by atoms with Crippen molar-refractivity contribution in [3.8, 4) is 0 Å². The van der Waals surface area contributed by atoms with Crippen LogP contribution >= 0.6 is 0 Å². The van der Waals surface area contributed by atoms with Gasteiger partial charge in [0.2, 0.25) is 0 Å². The number of hydrazine groups is 1. The van der Waals surface area contributed by atoms with Crippen LogP contribution in [0.4, 0.5) is 0 Å². The minimum absolute atomic E-state index is 0.179. The SMILES string of the molecule is CC1(C)C=C(NN)N=N1. The van der Waals surface area contributed by atoms with Crippen LogP contribution in [-0.4, -0.2) is 5.54 Å². The molecule has 4 nitrogen and oxygen atoms in total. The van der Waals surface area contributed by atoms with Crippen LogP contribution in [0.1, 0.15) is 13.8 Å². The summed E-state index contributed by atoms with van der Waals surface area (Å²) in [5.41, 5.74) is 2.24. The van der Waals surface area contributed by atoms with E-state index in [2.05, 4.69) is 15.7 Å². The molecular formula is C5H10N4. The molecule has 1 aliphatic heterocycles. The maximum absolute atomic E-state index is 5.08. The van der Waals surface area contributed by atoms with Crippen molar-refractivity contribution in [2.45, 2.75) is 19.4 Å². The van der Waals surface area contributed by atoms with Gasteiger partial charge in [-0.1, -0.05) is 0 Å². The number of rotatable bonds is 1. The summed E-state index contributed by atoms with van der Waals surface area (Å²) in [5.74, 6) is 5.72. The van der Waals surface area contributed by atoms with Crippen LogP contribution in [0.15, 0.2) is 22.1 Å². The third-order valence-corrected chi connectivity index (χ3v) is 1.05. The molecule has 0 amide bonds. The molecule has 0 saturated heterocycles. The highest BCUT2D eigenvalue weighted by molar-refractivity contribution is 5.12. The zero-order valence-corrected chi connectivity index (χ0v) is 5.55. The first-order chi connectivity index (χ1) is 4.14. The van der Waals surface area contributed by atoms with Crippen molar-refractivity contribution in [1.29, 1.82) is 0 Å². The molecule has 4 heteroatoms. The van der Waals surface area contributed by atoms with Gasteiger partial charge in [-0.15, -0.1) is 5.11 Å². The maximum atomic E-state index is 5.08. The Hall–Kier alpha value is -0.900. The summed E-state index contributed by atoms with van der Waals surface area (Å²) in [6.07, 6.45) is 1.87. The number of nitrogens with zero attached hydrogens (tertiary/aromatic N) is 2. The highest BCUT2D eigenvalue weighted by Gasteiger charge is 2.19. The van der Waals surface area contributed by atoms with Gasteiger partial charge in [-0.25, -0.2) is 5.84 Å². The van der Waals surface area contributed by atoms with Crippen LogP contribution in [0.5, 0.6) is 0 Å². The Kier molecular flexibility index (Phi) is 1.25. The van der Waals surface area contributed by atoms with Crippen molar-refractivity contribution in [2.75, 3.05) is 0 Å². The molecule has 0 unspecified atom stereocenters. The van der Waals surface area contributed by atoms with Gasteiger partial charge in [0, 0.05) is 0 Å². The first-order valence-corrected chi connectivity index (χ1v) is 2.76. The van der Waals surface area contributed by atoms with Crippen LogP contribution in [0.2, 0.25) is 0 Å². The van der Waals surface area contributed by atoms with Crippen molar-refractivity contribution in [3.63, 3.8) is 0 Å².